The molecule has 0 radical (unpaired) electrons. The van der Waals surface area contributed by atoms with Gasteiger partial charge in [0, 0.05) is 11.4 Å². The molecule has 4 nitrogen and oxygen atoms in total. The largest absolute Gasteiger partial charge is 0.401 e. The van der Waals surface area contributed by atoms with E-state index in [1.807, 2.05) is 6.26 Å². The standard InChI is InChI=1S/C7H14N4S/c1-12-6-5(9)2-4(8)3-7(6,10)11/h2-3,6H,8-11H2,1H3. The van der Waals surface area contributed by atoms with Crippen LogP contribution in [0.2, 0.25) is 0 Å². The molecule has 1 atom stereocenters. The van der Waals surface area contributed by atoms with E-state index < -0.39 is 5.66 Å². The molecule has 8 N–H and O–H groups in total. The molecule has 0 fully saturated rings. The molecule has 1 aliphatic carbocycles. The van der Waals surface area contributed by atoms with Gasteiger partial charge in [-0.3, -0.25) is 0 Å². The van der Waals surface area contributed by atoms with Gasteiger partial charge in [0.25, 0.3) is 0 Å². The van der Waals surface area contributed by atoms with E-state index in [1.165, 1.54) is 11.8 Å². The highest BCUT2D eigenvalue weighted by Gasteiger charge is 2.32. The number of hydrogen-bond donors (Lipinski definition) is 4. The summed E-state index contributed by atoms with van der Waals surface area (Å²) in [6.07, 6.45) is 5.23. The lowest BCUT2D eigenvalue weighted by atomic mass is 9.98. The van der Waals surface area contributed by atoms with Crippen LogP contribution in [0.3, 0.4) is 0 Å². The van der Waals surface area contributed by atoms with Crippen molar-refractivity contribution in [1.82, 2.24) is 0 Å². The molecule has 0 aromatic heterocycles. The monoisotopic (exact) mass is 186 g/mol. The van der Waals surface area contributed by atoms with Crippen molar-refractivity contribution in [3.63, 3.8) is 0 Å². The summed E-state index contributed by atoms with van der Waals surface area (Å²) in [5.41, 5.74) is 23.1. The molecule has 0 aromatic rings. The van der Waals surface area contributed by atoms with Crippen molar-refractivity contribution in [2.75, 3.05) is 6.26 Å². The fraction of sp³-hybridized carbons (Fsp3) is 0.429. The molecule has 0 aromatic carbocycles. The van der Waals surface area contributed by atoms with Crippen molar-refractivity contribution in [2.24, 2.45) is 22.9 Å². The number of allylic oxidation sites excluding steroid dienone is 1. The lowest BCUT2D eigenvalue weighted by molar-refractivity contribution is 0.547. The Balaban J connectivity index is 2.99. The maximum Gasteiger partial charge on any atom is 0.103 e. The van der Waals surface area contributed by atoms with Crippen molar-refractivity contribution in [3.05, 3.63) is 23.5 Å². The Morgan fingerprint density at radius 3 is 2.42 bits per heavy atom. The molecule has 0 amide bonds. The molecule has 1 rings (SSSR count). The average Bonchev–Trinajstić information content (AvgIpc) is 1.82. The first kappa shape index (κ1) is 9.44. The first-order chi connectivity index (χ1) is 5.47. The fourth-order valence-corrected chi connectivity index (χ4v) is 2.12. The lowest BCUT2D eigenvalue weighted by Gasteiger charge is -2.33. The molecule has 12 heavy (non-hydrogen) atoms. The summed E-state index contributed by atoms with van der Waals surface area (Å²) >= 11 is 1.52. The van der Waals surface area contributed by atoms with Crippen LogP contribution in [0.25, 0.3) is 0 Å². The number of thioether (sulfide) groups is 1. The normalized spacial score (nSPS) is 27.8. The first-order valence-electron chi connectivity index (χ1n) is 3.53. The van der Waals surface area contributed by atoms with Crippen molar-refractivity contribution in [2.45, 2.75) is 10.9 Å². The van der Waals surface area contributed by atoms with Gasteiger partial charge >= 0.3 is 0 Å². The van der Waals surface area contributed by atoms with Crippen LogP contribution in [-0.4, -0.2) is 17.2 Å². The van der Waals surface area contributed by atoms with Gasteiger partial charge in [-0.05, 0) is 18.4 Å². The number of rotatable bonds is 1. The Bertz CT molecular complexity index is 244. The second-order valence-electron chi connectivity index (χ2n) is 2.90. The maximum absolute atomic E-state index is 5.79. The van der Waals surface area contributed by atoms with Crippen LogP contribution < -0.4 is 22.9 Å². The quantitative estimate of drug-likeness (QED) is 0.394. The summed E-state index contributed by atoms with van der Waals surface area (Å²) in [6.45, 7) is 0. The van der Waals surface area contributed by atoms with Gasteiger partial charge in [0.05, 0.1) is 5.25 Å². The van der Waals surface area contributed by atoms with E-state index in [0.717, 1.165) is 0 Å². The molecule has 68 valence electrons. The highest BCUT2D eigenvalue weighted by Crippen LogP contribution is 2.26. The van der Waals surface area contributed by atoms with E-state index >= 15 is 0 Å². The molecule has 5 heteroatoms. The van der Waals surface area contributed by atoms with Gasteiger partial charge in [0.1, 0.15) is 5.66 Å². The minimum Gasteiger partial charge on any atom is -0.401 e. The Kier molecular flexibility index (Phi) is 2.36. The third kappa shape index (κ3) is 1.57. The minimum absolute atomic E-state index is 0.0928. The Hall–Kier alpha value is -0.650. The van der Waals surface area contributed by atoms with Gasteiger partial charge in [-0.25, -0.2) is 0 Å². The average molecular weight is 186 g/mol. The molecule has 0 saturated heterocycles. The minimum atomic E-state index is -0.928. The Morgan fingerprint density at radius 1 is 1.42 bits per heavy atom. The summed E-state index contributed by atoms with van der Waals surface area (Å²) in [7, 11) is 0. The van der Waals surface area contributed by atoms with Crippen LogP contribution in [0.5, 0.6) is 0 Å². The molecule has 0 saturated carbocycles. The highest BCUT2D eigenvalue weighted by molar-refractivity contribution is 7.99. The molecular formula is C7H14N4S. The zero-order chi connectivity index (χ0) is 9.35. The van der Waals surface area contributed by atoms with E-state index in [4.69, 9.17) is 22.9 Å². The summed E-state index contributed by atoms with van der Waals surface area (Å²) in [6, 6.07) is 0. The summed E-state index contributed by atoms with van der Waals surface area (Å²) < 4.78 is 0. The van der Waals surface area contributed by atoms with Gasteiger partial charge in [-0.15, -0.1) is 0 Å². The van der Waals surface area contributed by atoms with E-state index in [0.29, 0.717) is 11.4 Å². The third-order valence-corrected chi connectivity index (χ3v) is 2.89. The smallest absolute Gasteiger partial charge is 0.103 e. The summed E-state index contributed by atoms with van der Waals surface area (Å²) in [5, 5.41) is -0.0928. The van der Waals surface area contributed by atoms with Crippen molar-refractivity contribution >= 4 is 11.8 Å². The van der Waals surface area contributed by atoms with Gasteiger partial charge in [0.2, 0.25) is 0 Å². The predicted octanol–water partition coefficient (Wildman–Crippen LogP) is -0.969. The second-order valence-corrected chi connectivity index (χ2v) is 3.85. The van der Waals surface area contributed by atoms with Crippen molar-refractivity contribution in [3.8, 4) is 0 Å². The lowest BCUT2D eigenvalue weighted by Crippen LogP contribution is -2.59. The molecule has 1 aliphatic rings. The van der Waals surface area contributed by atoms with E-state index in [1.54, 1.807) is 12.2 Å². The van der Waals surface area contributed by atoms with Crippen LogP contribution in [0.4, 0.5) is 0 Å². The summed E-state index contributed by atoms with van der Waals surface area (Å²) in [5.74, 6) is 0. The second kappa shape index (κ2) is 3.01. The van der Waals surface area contributed by atoms with Crippen LogP contribution in [0.1, 0.15) is 0 Å². The SMILES string of the molecule is CSC1C(N)=CC(N)=CC1(N)N. The van der Waals surface area contributed by atoms with E-state index in [9.17, 15) is 0 Å². The van der Waals surface area contributed by atoms with Gasteiger partial charge < -0.3 is 22.9 Å². The van der Waals surface area contributed by atoms with Crippen LogP contribution in [0, 0.1) is 0 Å². The van der Waals surface area contributed by atoms with Crippen molar-refractivity contribution < 1.29 is 0 Å². The molecule has 1 unspecified atom stereocenters. The molecular weight excluding hydrogens is 172 g/mol. The Labute approximate surface area is 76.0 Å². The predicted molar refractivity (Wildman–Crippen MR) is 52.9 cm³/mol. The van der Waals surface area contributed by atoms with E-state index in [-0.39, 0.29) is 5.25 Å². The number of nitrogens with two attached hydrogens (primary N) is 4. The number of hydrogen-bond acceptors (Lipinski definition) is 5. The van der Waals surface area contributed by atoms with Gasteiger partial charge in [-0.1, -0.05) is 0 Å². The van der Waals surface area contributed by atoms with Crippen LogP contribution in [-0.2, 0) is 0 Å². The zero-order valence-electron chi connectivity index (χ0n) is 6.95. The van der Waals surface area contributed by atoms with Gasteiger partial charge in [0.15, 0.2) is 0 Å². The zero-order valence-corrected chi connectivity index (χ0v) is 7.77. The fourth-order valence-electron chi connectivity index (χ4n) is 1.30. The highest BCUT2D eigenvalue weighted by atomic mass is 32.2. The first-order valence-corrected chi connectivity index (χ1v) is 4.82. The molecule has 0 aliphatic heterocycles. The maximum atomic E-state index is 5.79. The van der Waals surface area contributed by atoms with Crippen LogP contribution >= 0.6 is 11.8 Å². The molecule has 0 heterocycles. The summed E-state index contributed by atoms with van der Waals surface area (Å²) in [4.78, 5) is 0. The topological polar surface area (TPSA) is 104 Å². The van der Waals surface area contributed by atoms with E-state index in [2.05, 4.69) is 0 Å². The Morgan fingerprint density at radius 2 is 2.00 bits per heavy atom. The molecule has 0 bridgehead atoms. The van der Waals surface area contributed by atoms with Crippen molar-refractivity contribution in [1.29, 1.82) is 0 Å². The van der Waals surface area contributed by atoms with Gasteiger partial charge in [-0.2, -0.15) is 11.8 Å². The molecule has 0 spiro atoms. The third-order valence-electron chi connectivity index (χ3n) is 1.74. The van der Waals surface area contributed by atoms with Crippen LogP contribution in [0.15, 0.2) is 23.5 Å².